The number of ether oxygens (including phenoxy) is 1. The fraction of sp³-hybridized carbons (Fsp3) is 0.526. The van der Waals surface area contributed by atoms with Crippen molar-refractivity contribution in [1.29, 1.82) is 0 Å². The van der Waals surface area contributed by atoms with E-state index in [2.05, 4.69) is 26.3 Å². The van der Waals surface area contributed by atoms with E-state index >= 15 is 0 Å². The Morgan fingerprint density at radius 1 is 1.27 bits per heavy atom. The summed E-state index contributed by atoms with van der Waals surface area (Å²) in [7, 11) is 1.61. The van der Waals surface area contributed by atoms with E-state index in [4.69, 9.17) is 4.74 Å². The lowest BCUT2D eigenvalue weighted by atomic mass is 9.92. The van der Waals surface area contributed by atoms with Crippen molar-refractivity contribution in [3.8, 4) is 5.75 Å². The fourth-order valence-corrected chi connectivity index (χ4v) is 4.64. The van der Waals surface area contributed by atoms with Crippen LogP contribution in [0.5, 0.6) is 5.75 Å². The van der Waals surface area contributed by atoms with Gasteiger partial charge in [-0.05, 0) is 42.2 Å². The van der Waals surface area contributed by atoms with E-state index in [-0.39, 0.29) is 0 Å². The Labute approximate surface area is 157 Å². The summed E-state index contributed by atoms with van der Waals surface area (Å²) in [5.41, 5.74) is 1.33. The Kier molecular flexibility index (Phi) is 5.06. The predicted molar refractivity (Wildman–Crippen MR) is 102 cm³/mol. The molecule has 0 aliphatic carbocycles. The third-order valence-corrected chi connectivity index (χ3v) is 6.39. The first-order valence-electron chi connectivity index (χ1n) is 9.17. The molecule has 26 heavy (non-hydrogen) atoms. The molecule has 0 radical (unpaired) electrons. The standard InChI is InChI=1S/C19H24N4O2S/c1-25-16-11-20-19(21-12-16)22-6-2-14(3-7-22)10-18(24)23-8-4-17-15(13-23)5-9-26-17/h5,9,11-12,14H,2-4,6-8,10,13H2,1H3. The van der Waals surface area contributed by atoms with Gasteiger partial charge in [0.05, 0.1) is 19.5 Å². The van der Waals surface area contributed by atoms with Crippen molar-refractivity contribution >= 4 is 23.2 Å². The van der Waals surface area contributed by atoms with E-state index in [9.17, 15) is 4.79 Å². The lowest BCUT2D eigenvalue weighted by Gasteiger charge is -2.33. The summed E-state index contributed by atoms with van der Waals surface area (Å²) in [4.78, 5) is 27.1. The first-order chi connectivity index (χ1) is 12.7. The number of fused-ring (bicyclic) bond motifs is 1. The Bertz CT molecular complexity index is 753. The SMILES string of the molecule is COc1cnc(N2CCC(CC(=O)N3CCc4sccc4C3)CC2)nc1. The van der Waals surface area contributed by atoms with Crippen LogP contribution in [0.4, 0.5) is 5.95 Å². The van der Waals surface area contributed by atoms with Crippen LogP contribution in [0.3, 0.4) is 0 Å². The molecule has 6 nitrogen and oxygen atoms in total. The highest BCUT2D eigenvalue weighted by Crippen LogP contribution is 2.27. The topological polar surface area (TPSA) is 58.6 Å². The molecule has 2 aliphatic heterocycles. The predicted octanol–water partition coefficient (Wildman–Crippen LogP) is 2.74. The molecule has 4 rings (SSSR count). The summed E-state index contributed by atoms with van der Waals surface area (Å²) in [5, 5.41) is 2.13. The van der Waals surface area contributed by atoms with Gasteiger partial charge in [-0.2, -0.15) is 0 Å². The average Bonchev–Trinajstić information content (AvgIpc) is 3.16. The van der Waals surface area contributed by atoms with Crippen LogP contribution >= 0.6 is 11.3 Å². The number of hydrogen-bond donors (Lipinski definition) is 0. The molecule has 2 aliphatic rings. The van der Waals surface area contributed by atoms with Gasteiger partial charge in [0, 0.05) is 37.5 Å². The molecule has 0 atom stereocenters. The van der Waals surface area contributed by atoms with Crippen LogP contribution in [0.2, 0.25) is 0 Å². The average molecular weight is 372 g/mol. The number of methoxy groups -OCH3 is 1. The molecule has 0 N–H and O–H groups in total. The van der Waals surface area contributed by atoms with Crippen molar-refractivity contribution in [3.05, 3.63) is 34.3 Å². The van der Waals surface area contributed by atoms with E-state index < -0.39 is 0 Å². The minimum Gasteiger partial charge on any atom is -0.494 e. The van der Waals surface area contributed by atoms with Crippen molar-refractivity contribution in [3.63, 3.8) is 0 Å². The number of carbonyl (C=O) groups excluding carboxylic acids is 1. The maximum absolute atomic E-state index is 12.7. The van der Waals surface area contributed by atoms with Crippen molar-refractivity contribution in [1.82, 2.24) is 14.9 Å². The van der Waals surface area contributed by atoms with Crippen molar-refractivity contribution in [2.75, 3.05) is 31.6 Å². The van der Waals surface area contributed by atoms with E-state index in [0.29, 0.717) is 24.0 Å². The number of nitrogens with zero attached hydrogens (tertiary/aromatic N) is 4. The molecular formula is C19H24N4O2S. The summed E-state index contributed by atoms with van der Waals surface area (Å²) in [6.45, 7) is 3.46. The molecule has 2 aromatic rings. The minimum absolute atomic E-state index is 0.306. The summed E-state index contributed by atoms with van der Waals surface area (Å²) < 4.78 is 5.11. The lowest BCUT2D eigenvalue weighted by Crippen LogP contribution is -2.39. The second-order valence-corrected chi connectivity index (χ2v) is 7.99. The van der Waals surface area contributed by atoms with Crippen LogP contribution in [0.1, 0.15) is 29.7 Å². The molecule has 7 heteroatoms. The van der Waals surface area contributed by atoms with Gasteiger partial charge in [0.15, 0.2) is 5.75 Å². The Balaban J connectivity index is 1.27. The van der Waals surface area contributed by atoms with Crippen LogP contribution in [-0.2, 0) is 17.8 Å². The van der Waals surface area contributed by atoms with Crippen LogP contribution < -0.4 is 9.64 Å². The molecule has 2 aromatic heterocycles. The third kappa shape index (κ3) is 3.67. The summed E-state index contributed by atoms with van der Waals surface area (Å²) in [6, 6.07) is 2.16. The van der Waals surface area contributed by atoms with Gasteiger partial charge in [-0.15, -0.1) is 11.3 Å². The summed E-state index contributed by atoms with van der Waals surface area (Å²) >= 11 is 1.81. The quantitative estimate of drug-likeness (QED) is 0.826. The third-order valence-electron chi connectivity index (χ3n) is 5.37. The molecule has 0 unspecified atom stereocenters. The number of thiophene rings is 1. The molecule has 0 bridgehead atoms. The second-order valence-electron chi connectivity index (χ2n) is 6.99. The Hall–Kier alpha value is -2.15. The Morgan fingerprint density at radius 2 is 2.04 bits per heavy atom. The molecule has 1 saturated heterocycles. The van der Waals surface area contributed by atoms with Crippen LogP contribution in [0.15, 0.2) is 23.8 Å². The van der Waals surface area contributed by atoms with Gasteiger partial charge in [-0.1, -0.05) is 0 Å². The first kappa shape index (κ1) is 17.3. The smallest absolute Gasteiger partial charge is 0.225 e. The van der Waals surface area contributed by atoms with E-state index in [0.717, 1.165) is 51.4 Å². The van der Waals surface area contributed by atoms with Crippen LogP contribution in [-0.4, -0.2) is 47.5 Å². The zero-order chi connectivity index (χ0) is 17.9. The highest BCUT2D eigenvalue weighted by atomic mass is 32.1. The van der Waals surface area contributed by atoms with Crippen molar-refractivity contribution in [2.24, 2.45) is 5.92 Å². The largest absolute Gasteiger partial charge is 0.494 e. The number of hydrogen-bond acceptors (Lipinski definition) is 6. The maximum Gasteiger partial charge on any atom is 0.225 e. The van der Waals surface area contributed by atoms with Gasteiger partial charge >= 0.3 is 0 Å². The highest BCUT2D eigenvalue weighted by Gasteiger charge is 2.27. The van der Waals surface area contributed by atoms with Gasteiger partial charge < -0.3 is 14.5 Å². The number of amides is 1. The normalized spacial score (nSPS) is 17.9. The zero-order valence-corrected chi connectivity index (χ0v) is 15.9. The van der Waals surface area contributed by atoms with E-state index in [1.807, 2.05) is 16.2 Å². The van der Waals surface area contributed by atoms with Gasteiger partial charge in [0.2, 0.25) is 11.9 Å². The van der Waals surface area contributed by atoms with Crippen LogP contribution in [0, 0.1) is 5.92 Å². The minimum atomic E-state index is 0.306. The van der Waals surface area contributed by atoms with E-state index in [1.54, 1.807) is 19.5 Å². The highest BCUT2D eigenvalue weighted by molar-refractivity contribution is 7.10. The molecule has 1 amide bonds. The summed E-state index contributed by atoms with van der Waals surface area (Å²) in [6.07, 6.45) is 7.10. The van der Waals surface area contributed by atoms with E-state index in [1.165, 1.54) is 10.4 Å². The summed E-state index contributed by atoms with van der Waals surface area (Å²) in [5.74, 6) is 2.18. The molecular weight excluding hydrogens is 348 g/mol. The van der Waals surface area contributed by atoms with Crippen LogP contribution in [0.25, 0.3) is 0 Å². The first-order valence-corrected chi connectivity index (χ1v) is 10.0. The molecule has 4 heterocycles. The molecule has 0 aromatic carbocycles. The van der Waals surface area contributed by atoms with Gasteiger partial charge in [0.25, 0.3) is 0 Å². The number of anilines is 1. The zero-order valence-electron chi connectivity index (χ0n) is 15.1. The second kappa shape index (κ2) is 7.61. The molecule has 1 fully saturated rings. The lowest BCUT2D eigenvalue weighted by molar-refractivity contribution is -0.133. The van der Waals surface area contributed by atoms with Gasteiger partial charge in [0.1, 0.15) is 0 Å². The molecule has 0 spiro atoms. The van der Waals surface area contributed by atoms with Crippen molar-refractivity contribution in [2.45, 2.75) is 32.2 Å². The number of carbonyl (C=O) groups is 1. The van der Waals surface area contributed by atoms with Crippen molar-refractivity contribution < 1.29 is 9.53 Å². The molecule has 0 saturated carbocycles. The monoisotopic (exact) mass is 372 g/mol. The number of aromatic nitrogens is 2. The molecule has 138 valence electrons. The van der Waals surface area contributed by atoms with Gasteiger partial charge in [-0.25, -0.2) is 9.97 Å². The fourth-order valence-electron chi connectivity index (χ4n) is 3.75. The number of piperidine rings is 1. The maximum atomic E-state index is 12.7. The Morgan fingerprint density at radius 3 is 2.77 bits per heavy atom. The number of rotatable bonds is 4. The van der Waals surface area contributed by atoms with Gasteiger partial charge in [-0.3, -0.25) is 4.79 Å².